The summed E-state index contributed by atoms with van der Waals surface area (Å²) in [4.78, 5) is 18.9. The Balaban J connectivity index is 1.91. The molecule has 1 aliphatic heterocycles. The molecule has 0 unspecified atom stereocenters. The van der Waals surface area contributed by atoms with Crippen LogP contribution in [0.5, 0.6) is 0 Å². The molecule has 1 aromatic heterocycles. The molecule has 1 atom stereocenters. The average Bonchev–Trinajstić information content (AvgIpc) is 2.92. The molecule has 2 heterocycles. The Morgan fingerprint density at radius 1 is 1.46 bits per heavy atom. The lowest BCUT2D eigenvalue weighted by Crippen LogP contribution is -2.46. The molecular formula is C15H26N4O3S2. The van der Waals surface area contributed by atoms with Gasteiger partial charge in [-0.2, -0.15) is 12.7 Å². The molecule has 0 spiro atoms. The number of thiazole rings is 1. The monoisotopic (exact) mass is 374 g/mol. The highest BCUT2D eigenvalue weighted by atomic mass is 32.2. The predicted molar refractivity (Wildman–Crippen MR) is 95.1 cm³/mol. The molecule has 7 nitrogen and oxygen atoms in total. The number of nitrogens with zero attached hydrogens (tertiary/aromatic N) is 3. The highest BCUT2D eigenvalue weighted by Crippen LogP contribution is 2.21. The van der Waals surface area contributed by atoms with Crippen molar-refractivity contribution < 1.29 is 13.2 Å². The molecule has 0 radical (unpaired) electrons. The molecule has 0 saturated carbocycles. The molecular weight excluding hydrogens is 348 g/mol. The lowest BCUT2D eigenvalue weighted by atomic mass is 9.99. The first-order chi connectivity index (χ1) is 11.3. The van der Waals surface area contributed by atoms with Crippen LogP contribution in [0.4, 0.5) is 0 Å². The molecule has 24 heavy (non-hydrogen) atoms. The number of carbonyl (C=O) groups excluding carboxylic acids is 1. The quantitative estimate of drug-likeness (QED) is 0.776. The lowest BCUT2D eigenvalue weighted by Gasteiger charge is -2.36. The van der Waals surface area contributed by atoms with Crippen molar-refractivity contribution in [3.8, 4) is 0 Å². The van der Waals surface area contributed by atoms with Gasteiger partial charge in [0.25, 0.3) is 10.2 Å². The largest absolute Gasteiger partial charge is 0.339 e. The summed E-state index contributed by atoms with van der Waals surface area (Å²) in [6.45, 7) is 3.01. The summed E-state index contributed by atoms with van der Waals surface area (Å²) in [5.74, 6) is 0.0838. The van der Waals surface area contributed by atoms with E-state index in [1.165, 1.54) is 14.1 Å². The van der Waals surface area contributed by atoms with Gasteiger partial charge in [0.1, 0.15) is 0 Å². The second-order valence-electron chi connectivity index (χ2n) is 6.24. The van der Waals surface area contributed by atoms with E-state index in [-0.39, 0.29) is 11.9 Å². The van der Waals surface area contributed by atoms with Crippen LogP contribution in [-0.2, 0) is 21.4 Å². The van der Waals surface area contributed by atoms with Gasteiger partial charge in [0.15, 0.2) is 0 Å². The highest BCUT2D eigenvalue weighted by Gasteiger charge is 2.27. The number of carbonyl (C=O) groups is 1. The van der Waals surface area contributed by atoms with Crippen molar-refractivity contribution >= 4 is 27.5 Å². The Morgan fingerprint density at radius 2 is 2.21 bits per heavy atom. The van der Waals surface area contributed by atoms with Gasteiger partial charge in [-0.15, -0.1) is 11.3 Å². The Kier molecular flexibility index (Phi) is 6.73. The summed E-state index contributed by atoms with van der Waals surface area (Å²) >= 11 is 1.55. The number of aryl methyl sites for hydroxylation is 1. The Hall–Kier alpha value is -1.03. The summed E-state index contributed by atoms with van der Waals surface area (Å²) in [5, 5.41) is 2.89. The second kappa shape index (κ2) is 8.37. The van der Waals surface area contributed by atoms with E-state index in [4.69, 9.17) is 0 Å². The first-order valence-electron chi connectivity index (χ1n) is 8.17. The number of hydrogen-bond acceptors (Lipinski definition) is 5. The number of aromatic nitrogens is 1. The molecule has 1 aliphatic rings. The zero-order valence-electron chi connectivity index (χ0n) is 14.5. The van der Waals surface area contributed by atoms with E-state index in [9.17, 15) is 13.2 Å². The summed E-state index contributed by atoms with van der Waals surface area (Å²) in [6, 6.07) is 0.0934. The fourth-order valence-electron chi connectivity index (χ4n) is 2.86. The first-order valence-corrected chi connectivity index (χ1v) is 10.5. The predicted octanol–water partition coefficient (Wildman–Crippen LogP) is 1.16. The van der Waals surface area contributed by atoms with Crippen LogP contribution in [0.15, 0.2) is 5.38 Å². The van der Waals surface area contributed by atoms with Crippen LogP contribution in [0.25, 0.3) is 0 Å². The Bertz CT molecular complexity index is 657. The van der Waals surface area contributed by atoms with Gasteiger partial charge in [-0.25, -0.2) is 9.71 Å². The zero-order valence-corrected chi connectivity index (χ0v) is 16.1. The van der Waals surface area contributed by atoms with Gasteiger partial charge in [-0.1, -0.05) is 0 Å². The summed E-state index contributed by atoms with van der Waals surface area (Å²) in [6.07, 6.45) is 3.96. The van der Waals surface area contributed by atoms with E-state index in [0.717, 1.165) is 40.8 Å². The van der Waals surface area contributed by atoms with E-state index in [2.05, 4.69) is 9.71 Å². The van der Waals surface area contributed by atoms with Gasteiger partial charge in [0.05, 0.1) is 17.1 Å². The average molecular weight is 375 g/mol. The summed E-state index contributed by atoms with van der Waals surface area (Å²) in [7, 11) is -0.422. The van der Waals surface area contributed by atoms with Crippen LogP contribution in [0.1, 0.15) is 36.4 Å². The molecule has 0 aliphatic carbocycles. The van der Waals surface area contributed by atoms with Gasteiger partial charge in [-0.3, -0.25) is 4.79 Å². The molecule has 0 bridgehead atoms. The second-order valence-corrected chi connectivity index (χ2v) is 9.27. The summed E-state index contributed by atoms with van der Waals surface area (Å²) < 4.78 is 27.2. The van der Waals surface area contributed by atoms with Crippen LogP contribution in [0.2, 0.25) is 0 Å². The van der Waals surface area contributed by atoms with Crippen molar-refractivity contribution in [1.82, 2.24) is 18.9 Å². The van der Waals surface area contributed by atoms with Gasteiger partial charge >= 0.3 is 0 Å². The zero-order chi connectivity index (χ0) is 17.7. The normalized spacial score (nSPS) is 19.0. The van der Waals surface area contributed by atoms with Crippen LogP contribution < -0.4 is 4.72 Å². The first kappa shape index (κ1) is 19.3. The molecule has 2 rings (SSSR count). The van der Waals surface area contributed by atoms with E-state index in [1.54, 1.807) is 11.3 Å². The third-order valence-electron chi connectivity index (χ3n) is 4.19. The van der Waals surface area contributed by atoms with Crippen LogP contribution >= 0.6 is 11.3 Å². The number of nitrogens with one attached hydrogen (secondary N) is 1. The number of piperidine rings is 1. The van der Waals surface area contributed by atoms with Crippen molar-refractivity contribution in [2.24, 2.45) is 0 Å². The molecule has 1 aromatic rings. The third kappa shape index (κ3) is 5.23. The number of rotatable bonds is 7. The molecule has 136 valence electrons. The maximum atomic E-state index is 12.6. The van der Waals surface area contributed by atoms with Gasteiger partial charge in [-0.05, 0) is 32.6 Å². The SMILES string of the molecule is Cc1nc(CC(=O)N2CCCC[C@@H]2CCNS(=O)(=O)N(C)C)cs1. The molecule has 1 amide bonds. The van der Waals surface area contributed by atoms with E-state index < -0.39 is 10.2 Å². The molecule has 0 aromatic carbocycles. The Morgan fingerprint density at radius 3 is 2.83 bits per heavy atom. The van der Waals surface area contributed by atoms with Crippen molar-refractivity contribution in [2.45, 2.75) is 45.1 Å². The maximum absolute atomic E-state index is 12.6. The van der Waals surface area contributed by atoms with Gasteiger partial charge < -0.3 is 4.90 Å². The topological polar surface area (TPSA) is 82.6 Å². The standard InChI is InChI=1S/C15H26N4O3S2/c1-12-17-13(11-23-12)10-15(20)19-9-5-4-6-14(19)7-8-16-24(21,22)18(2)3/h11,14,16H,4-10H2,1-3H3/t14-/m1/s1. The Labute approximate surface area is 148 Å². The molecule has 1 saturated heterocycles. The summed E-state index contributed by atoms with van der Waals surface area (Å²) in [5.41, 5.74) is 0.820. The van der Waals surface area contributed by atoms with Crippen LogP contribution in [-0.4, -0.2) is 61.7 Å². The molecule has 9 heteroatoms. The number of hydrogen-bond donors (Lipinski definition) is 1. The van der Waals surface area contributed by atoms with E-state index in [0.29, 0.717) is 19.4 Å². The number of likely N-dealkylation sites (tertiary alicyclic amines) is 1. The fraction of sp³-hybridized carbons (Fsp3) is 0.733. The van der Waals surface area contributed by atoms with Crippen molar-refractivity contribution in [1.29, 1.82) is 0 Å². The third-order valence-corrected chi connectivity index (χ3v) is 6.54. The molecule has 1 fully saturated rings. The minimum absolute atomic E-state index is 0.0838. The van der Waals surface area contributed by atoms with E-state index in [1.807, 2.05) is 17.2 Å². The smallest absolute Gasteiger partial charge is 0.278 e. The molecule has 1 N–H and O–H groups in total. The van der Waals surface area contributed by atoms with Gasteiger partial charge in [0, 0.05) is 38.6 Å². The van der Waals surface area contributed by atoms with Gasteiger partial charge in [0.2, 0.25) is 5.91 Å². The van der Waals surface area contributed by atoms with Crippen molar-refractivity contribution in [2.75, 3.05) is 27.2 Å². The van der Waals surface area contributed by atoms with Crippen LogP contribution in [0, 0.1) is 6.92 Å². The van der Waals surface area contributed by atoms with E-state index >= 15 is 0 Å². The van der Waals surface area contributed by atoms with Crippen LogP contribution in [0.3, 0.4) is 0 Å². The minimum atomic E-state index is -3.41. The van der Waals surface area contributed by atoms with Crippen molar-refractivity contribution in [3.05, 3.63) is 16.1 Å². The van der Waals surface area contributed by atoms with Crippen molar-refractivity contribution in [3.63, 3.8) is 0 Å². The minimum Gasteiger partial charge on any atom is -0.339 e. The maximum Gasteiger partial charge on any atom is 0.278 e. The number of amides is 1. The highest BCUT2D eigenvalue weighted by molar-refractivity contribution is 7.87. The lowest BCUT2D eigenvalue weighted by molar-refractivity contribution is -0.134. The fourth-order valence-corrected chi connectivity index (χ4v) is 4.11.